The minimum absolute atomic E-state index is 0.0692. The molecular formula is C18H23N3O4. The predicted octanol–water partition coefficient (Wildman–Crippen LogP) is 0.666. The van der Waals surface area contributed by atoms with Crippen LogP contribution in [0.3, 0.4) is 0 Å². The van der Waals surface area contributed by atoms with Gasteiger partial charge in [-0.2, -0.15) is 0 Å². The van der Waals surface area contributed by atoms with Crippen molar-refractivity contribution in [2.45, 2.75) is 12.6 Å². The van der Waals surface area contributed by atoms with Crippen LogP contribution in [0.2, 0.25) is 0 Å². The molecule has 0 N–H and O–H groups in total. The van der Waals surface area contributed by atoms with Gasteiger partial charge < -0.3 is 14.0 Å². The zero-order valence-electron chi connectivity index (χ0n) is 14.8. The van der Waals surface area contributed by atoms with Crippen molar-refractivity contribution < 1.29 is 9.47 Å². The molecule has 1 aromatic heterocycles. The molecule has 2 aromatic rings. The Morgan fingerprint density at radius 2 is 2.08 bits per heavy atom. The van der Waals surface area contributed by atoms with Crippen molar-refractivity contribution in [2.75, 3.05) is 26.8 Å². The SMILES string of the molecule is COc1cccc(C2CN(Cc3cn(C)c(=O)n(C)c3=O)CCO2)c1. The molecule has 134 valence electrons. The number of ether oxygens (including phenoxy) is 2. The molecule has 1 aliphatic heterocycles. The lowest BCUT2D eigenvalue weighted by molar-refractivity contribution is -0.0332. The van der Waals surface area contributed by atoms with E-state index in [1.54, 1.807) is 20.4 Å². The lowest BCUT2D eigenvalue weighted by Gasteiger charge is -2.33. The predicted molar refractivity (Wildman–Crippen MR) is 93.9 cm³/mol. The first kappa shape index (κ1) is 17.4. The van der Waals surface area contributed by atoms with Crippen LogP contribution in [-0.2, 0) is 25.4 Å². The van der Waals surface area contributed by atoms with E-state index in [0.29, 0.717) is 25.3 Å². The highest BCUT2D eigenvalue weighted by Crippen LogP contribution is 2.25. The van der Waals surface area contributed by atoms with Crippen molar-refractivity contribution in [2.24, 2.45) is 14.1 Å². The van der Waals surface area contributed by atoms with Crippen LogP contribution in [0.1, 0.15) is 17.2 Å². The summed E-state index contributed by atoms with van der Waals surface area (Å²) in [7, 11) is 4.80. The molecule has 1 aliphatic rings. The van der Waals surface area contributed by atoms with E-state index in [4.69, 9.17) is 9.47 Å². The van der Waals surface area contributed by atoms with Gasteiger partial charge in [0.05, 0.1) is 19.8 Å². The average Bonchev–Trinajstić information content (AvgIpc) is 2.64. The number of aromatic nitrogens is 2. The van der Waals surface area contributed by atoms with Gasteiger partial charge in [0.15, 0.2) is 0 Å². The van der Waals surface area contributed by atoms with E-state index in [9.17, 15) is 9.59 Å². The first-order chi connectivity index (χ1) is 12.0. The first-order valence-electron chi connectivity index (χ1n) is 8.23. The highest BCUT2D eigenvalue weighted by atomic mass is 16.5. The Kier molecular flexibility index (Phi) is 5.06. The number of benzene rings is 1. The maximum Gasteiger partial charge on any atom is 0.330 e. The van der Waals surface area contributed by atoms with Gasteiger partial charge in [-0.05, 0) is 17.7 Å². The maximum atomic E-state index is 12.3. The van der Waals surface area contributed by atoms with E-state index in [1.807, 2.05) is 24.3 Å². The zero-order chi connectivity index (χ0) is 18.0. The highest BCUT2D eigenvalue weighted by molar-refractivity contribution is 5.30. The van der Waals surface area contributed by atoms with Gasteiger partial charge in [-0.15, -0.1) is 0 Å². The van der Waals surface area contributed by atoms with Crippen LogP contribution in [0, 0.1) is 0 Å². The van der Waals surface area contributed by atoms with Crippen LogP contribution < -0.4 is 16.0 Å². The lowest BCUT2D eigenvalue weighted by atomic mass is 10.1. The van der Waals surface area contributed by atoms with E-state index in [1.165, 1.54) is 11.6 Å². The average molecular weight is 345 g/mol. The second kappa shape index (κ2) is 7.25. The van der Waals surface area contributed by atoms with Crippen molar-refractivity contribution in [1.29, 1.82) is 0 Å². The van der Waals surface area contributed by atoms with Gasteiger partial charge in [0.2, 0.25) is 0 Å². The third-order valence-corrected chi connectivity index (χ3v) is 4.53. The Balaban J connectivity index is 1.78. The smallest absolute Gasteiger partial charge is 0.330 e. The summed E-state index contributed by atoms with van der Waals surface area (Å²) in [4.78, 5) is 26.3. The number of nitrogens with zero attached hydrogens (tertiary/aromatic N) is 3. The van der Waals surface area contributed by atoms with Gasteiger partial charge in [0, 0.05) is 45.5 Å². The van der Waals surface area contributed by atoms with E-state index in [-0.39, 0.29) is 17.4 Å². The van der Waals surface area contributed by atoms with E-state index in [0.717, 1.165) is 22.4 Å². The molecule has 0 amide bonds. The fraction of sp³-hybridized carbons (Fsp3) is 0.444. The minimum atomic E-state index is -0.315. The molecule has 0 radical (unpaired) electrons. The molecule has 1 aromatic carbocycles. The maximum absolute atomic E-state index is 12.3. The molecule has 0 saturated carbocycles. The highest BCUT2D eigenvalue weighted by Gasteiger charge is 2.23. The fourth-order valence-electron chi connectivity index (χ4n) is 3.12. The van der Waals surface area contributed by atoms with Gasteiger partial charge in [-0.1, -0.05) is 12.1 Å². The molecule has 2 heterocycles. The van der Waals surface area contributed by atoms with Crippen LogP contribution in [-0.4, -0.2) is 40.8 Å². The van der Waals surface area contributed by atoms with Gasteiger partial charge in [-0.3, -0.25) is 14.3 Å². The molecule has 7 nitrogen and oxygen atoms in total. The van der Waals surface area contributed by atoms with Gasteiger partial charge >= 0.3 is 5.69 Å². The molecule has 1 saturated heterocycles. The number of methoxy groups -OCH3 is 1. The summed E-state index contributed by atoms with van der Waals surface area (Å²) >= 11 is 0. The van der Waals surface area contributed by atoms with Crippen molar-refractivity contribution in [3.8, 4) is 5.75 Å². The fourth-order valence-corrected chi connectivity index (χ4v) is 3.12. The van der Waals surface area contributed by atoms with Crippen LogP contribution in [0.15, 0.2) is 40.1 Å². The Hall–Kier alpha value is -2.38. The zero-order valence-corrected chi connectivity index (χ0v) is 14.8. The molecule has 1 fully saturated rings. The summed E-state index contributed by atoms with van der Waals surface area (Å²) < 4.78 is 13.8. The first-order valence-corrected chi connectivity index (χ1v) is 8.23. The second-order valence-corrected chi connectivity index (χ2v) is 6.28. The standard InChI is InChI=1S/C18H23N3O4/c1-19-10-14(17(22)20(2)18(19)23)11-21-7-8-25-16(12-21)13-5-4-6-15(9-13)24-3/h4-6,9-10,16H,7-8,11-12H2,1-3H3. The number of morpholine rings is 1. The Morgan fingerprint density at radius 1 is 1.28 bits per heavy atom. The number of hydrogen-bond donors (Lipinski definition) is 0. The quantitative estimate of drug-likeness (QED) is 0.815. The molecule has 0 spiro atoms. The summed E-state index contributed by atoms with van der Waals surface area (Å²) in [5.41, 5.74) is 1.10. The number of hydrogen-bond acceptors (Lipinski definition) is 5. The molecule has 7 heteroatoms. The summed E-state index contributed by atoms with van der Waals surface area (Å²) in [6.45, 7) is 2.50. The third kappa shape index (κ3) is 3.67. The third-order valence-electron chi connectivity index (χ3n) is 4.53. The van der Waals surface area contributed by atoms with Crippen LogP contribution in [0.4, 0.5) is 0 Å². The number of aryl methyl sites for hydroxylation is 1. The van der Waals surface area contributed by atoms with Crippen molar-refractivity contribution in [3.05, 3.63) is 62.4 Å². The Labute approximate surface area is 146 Å². The van der Waals surface area contributed by atoms with Crippen molar-refractivity contribution in [3.63, 3.8) is 0 Å². The van der Waals surface area contributed by atoms with Crippen molar-refractivity contribution in [1.82, 2.24) is 14.0 Å². The van der Waals surface area contributed by atoms with Gasteiger partial charge in [0.25, 0.3) is 5.56 Å². The molecule has 0 aliphatic carbocycles. The molecular weight excluding hydrogens is 322 g/mol. The lowest BCUT2D eigenvalue weighted by Crippen LogP contribution is -2.42. The Morgan fingerprint density at radius 3 is 2.84 bits per heavy atom. The largest absolute Gasteiger partial charge is 0.497 e. The number of rotatable bonds is 4. The van der Waals surface area contributed by atoms with Crippen LogP contribution >= 0.6 is 0 Å². The van der Waals surface area contributed by atoms with Gasteiger partial charge in [-0.25, -0.2) is 4.79 Å². The summed E-state index contributed by atoms with van der Waals surface area (Å²) in [5, 5.41) is 0. The monoisotopic (exact) mass is 345 g/mol. The van der Waals surface area contributed by atoms with Crippen LogP contribution in [0.25, 0.3) is 0 Å². The molecule has 0 bridgehead atoms. The van der Waals surface area contributed by atoms with Crippen molar-refractivity contribution >= 4 is 0 Å². The van der Waals surface area contributed by atoms with E-state index in [2.05, 4.69) is 4.90 Å². The molecule has 1 unspecified atom stereocenters. The summed E-state index contributed by atoms with van der Waals surface area (Å²) in [6, 6.07) is 7.83. The Bertz CT molecular complexity index is 871. The summed E-state index contributed by atoms with van der Waals surface area (Å²) in [6.07, 6.45) is 1.56. The molecule has 3 rings (SSSR count). The van der Waals surface area contributed by atoms with Gasteiger partial charge in [0.1, 0.15) is 5.75 Å². The van der Waals surface area contributed by atoms with E-state index < -0.39 is 0 Å². The summed E-state index contributed by atoms with van der Waals surface area (Å²) in [5.74, 6) is 0.796. The molecule has 1 atom stereocenters. The topological polar surface area (TPSA) is 65.7 Å². The molecule has 25 heavy (non-hydrogen) atoms. The minimum Gasteiger partial charge on any atom is -0.497 e. The van der Waals surface area contributed by atoms with E-state index >= 15 is 0 Å². The second-order valence-electron chi connectivity index (χ2n) is 6.28. The normalized spacial score (nSPS) is 18.3. The van der Waals surface area contributed by atoms with Crippen LogP contribution in [0.5, 0.6) is 5.75 Å².